The molecular weight excluding hydrogens is 394 g/mol. The topological polar surface area (TPSA) is 73.1 Å². The summed E-state index contributed by atoms with van der Waals surface area (Å²) in [5.74, 6) is -0.993. The molecule has 0 aromatic carbocycles. The number of rotatable bonds is 7. The molecule has 2 aromatic heterocycles. The van der Waals surface area contributed by atoms with Crippen LogP contribution in [0, 0.1) is 0 Å². The van der Waals surface area contributed by atoms with Gasteiger partial charge in [0.15, 0.2) is 5.69 Å². The van der Waals surface area contributed by atoms with Crippen molar-refractivity contribution in [1.29, 1.82) is 0 Å². The molecule has 0 bridgehead atoms. The third-order valence-corrected chi connectivity index (χ3v) is 3.92. The number of carboxylic acids is 1. The van der Waals surface area contributed by atoms with Gasteiger partial charge in [-0.15, -0.1) is 0 Å². The highest BCUT2D eigenvalue weighted by atomic mass is 127. The van der Waals surface area contributed by atoms with E-state index in [0.29, 0.717) is 25.3 Å². The molecule has 0 aliphatic heterocycles. The second kappa shape index (κ2) is 7.31. The van der Waals surface area contributed by atoms with Crippen LogP contribution in [-0.4, -0.2) is 33.2 Å². The van der Waals surface area contributed by atoms with Crippen molar-refractivity contribution >= 4 is 40.1 Å². The molecule has 8 heteroatoms. The van der Waals surface area contributed by atoms with E-state index in [4.69, 9.17) is 14.4 Å². The molecule has 2 rings (SSSR count). The Morgan fingerprint density at radius 2 is 2.45 bits per heavy atom. The number of carbonyl (C=O) groups is 1. The number of halogens is 1. The molecule has 6 nitrogen and oxygen atoms in total. The molecule has 0 saturated heterocycles. The predicted octanol–water partition coefficient (Wildman–Crippen LogP) is 2.90. The first-order valence-electron chi connectivity index (χ1n) is 5.90. The van der Waals surface area contributed by atoms with Crippen LogP contribution < -0.4 is 0 Å². The van der Waals surface area contributed by atoms with Crippen molar-refractivity contribution in [3.63, 3.8) is 0 Å². The minimum atomic E-state index is -0.993. The molecule has 2 atom stereocenters. The van der Waals surface area contributed by atoms with E-state index in [2.05, 4.69) is 27.0 Å². The molecule has 0 fully saturated rings. The van der Waals surface area contributed by atoms with E-state index < -0.39 is 5.97 Å². The number of aromatic carboxylic acids is 1. The molecule has 1 N–H and O–H groups in total. The Morgan fingerprint density at radius 1 is 1.65 bits per heavy atom. The van der Waals surface area contributed by atoms with Crippen molar-refractivity contribution in [3.05, 3.63) is 35.8 Å². The van der Waals surface area contributed by atoms with Gasteiger partial charge in [-0.25, -0.2) is 9.78 Å². The lowest BCUT2D eigenvalue weighted by atomic mass is 10.3. The summed E-state index contributed by atoms with van der Waals surface area (Å²) in [4.78, 5) is 15.0. The molecule has 2 heterocycles. The molecule has 20 heavy (non-hydrogen) atoms. The smallest absolute Gasteiger partial charge is 0.354 e. The highest BCUT2D eigenvalue weighted by Gasteiger charge is 2.10. The van der Waals surface area contributed by atoms with Gasteiger partial charge in [-0.3, -0.25) is 4.40 Å². The quantitative estimate of drug-likeness (QED) is 0.564. The highest BCUT2D eigenvalue weighted by Crippen LogP contribution is 2.24. The fraction of sp³-hybridized carbons (Fsp3) is 0.333. The minimum absolute atomic E-state index is 0.0685. The summed E-state index contributed by atoms with van der Waals surface area (Å²) >= 11 is 2.17. The first-order valence-corrected chi connectivity index (χ1v) is 9.92. The Labute approximate surface area is 130 Å². The van der Waals surface area contributed by atoms with Crippen LogP contribution in [0.3, 0.4) is 0 Å². The largest absolute Gasteiger partial charge is 0.477 e. The van der Waals surface area contributed by atoms with Gasteiger partial charge >= 0.3 is 5.97 Å². The van der Waals surface area contributed by atoms with E-state index >= 15 is 0 Å². The second-order valence-electron chi connectivity index (χ2n) is 4.23. The maximum atomic E-state index is 11.0. The number of imidazole rings is 1. The summed E-state index contributed by atoms with van der Waals surface area (Å²) in [6.07, 6.45) is 3.11. The first-order chi connectivity index (χ1) is 9.61. The van der Waals surface area contributed by atoms with Crippen molar-refractivity contribution < 1.29 is 19.2 Å². The van der Waals surface area contributed by atoms with E-state index in [1.54, 1.807) is 6.20 Å². The fourth-order valence-electron chi connectivity index (χ4n) is 1.72. The van der Waals surface area contributed by atoms with Crippen LogP contribution in [0.5, 0.6) is 0 Å². The molecule has 0 saturated carbocycles. The van der Waals surface area contributed by atoms with Gasteiger partial charge in [0.1, 0.15) is 5.65 Å². The summed E-state index contributed by atoms with van der Waals surface area (Å²) in [6, 6.07) is 3.64. The Hall–Kier alpha value is -0.760. The molecule has 0 amide bonds. The Balaban J connectivity index is 2.00. The zero-order valence-corrected chi connectivity index (χ0v) is 13.9. The lowest BCUT2D eigenvalue weighted by Gasteiger charge is -2.11. The zero-order valence-electron chi connectivity index (χ0n) is 10.7. The van der Waals surface area contributed by atoms with E-state index in [1.165, 1.54) is 10.6 Å². The molecule has 0 radical (unpaired) electrons. The van der Waals surface area contributed by atoms with Gasteiger partial charge < -0.3 is 14.4 Å². The third kappa shape index (κ3) is 3.88. The van der Waals surface area contributed by atoms with Gasteiger partial charge in [0.05, 0.1) is 32.0 Å². The number of carboxylic acid groups (broad SMARTS) is 1. The maximum absolute atomic E-state index is 11.0. The number of fused-ring (bicyclic) bond motifs is 1. The lowest BCUT2D eigenvalue weighted by molar-refractivity contribution is 0.0574. The molecule has 2 unspecified atom stereocenters. The average Bonchev–Trinajstić information content (AvgIpc) is 2.82. The van der Waals surface area contributed by atoms with E-state index in [0.717, 1.165) is 5.56 Å². The summed E-state index contributed by atoms with van der Waals surface area (Å²) in [6.45, 7) is 3.36. The Kier molecular flexibility index (Phi) is 5.71. The van der Waals surface area contributed by atoms with Crippen molar-refractivity contribution in [2.45, 2.75) is 19.6 Å². The van der Waals surface area contributed by atoms with Crippen LogP contribution in [0.4, 0.5) is 0 Å². The first kappa shape index (κ1) is 15.6. The van der Waals surface area contributed by atoms with Gasteiger partial charge in [0, 0.05) is 6.20 Å². The molecule has 0 aliphatic rings. The number of pyridine rings is 1. The van der Waals surface area contributed by atoms with Gasteiger partial charge in [0.25, 0.3) is 0 Å². The summed E-state index contributed by atoms with van der Waals surface area (Å²) in [7, 11) is 0. The summed E-state index contributed by atoms with van der Waals surface area (Å²) in [5.41, 5.74) is 1.70. The number of hydrogen-bond acceptors (Lipinski definition) is 4. The SMILES string of the molecule is CC(COCc1ccn2c(C(=O)O)cnc2c1)OPI. The molecule has 108 valence electrons. The zero-order chi connectivity index (χ0) is 14.5. The van der Waals surface area contributed by atoms with Crippen molar-refractivity contribution in [2.24, 2.45) is 0 Å². The van der Waals surface area contributed by atoms with Crippen molar-refractivity contribution in [1.82, 2.24) is 9.38 Å². The summed E-state index contributed by atoms with van der Waals surface area (Å²) in [5, 5.41) is 8.99. The molecular formula is C12H14IN2O4P. The normalized spacial score (nSPS) is 13.3. The molecule has 0 aliphatic carbocycles. The van der Waals surface area contributed by atoms with E-state index in [1.807, 2.05) is 19.1 Å². The number of nitrogens with zero attached hydrogens (tertiary/aromatic N) is 2. The van der Waals surface area contributed by atoms with Crippen LogP contribution in [0.2, 0.25) is 0 Å². The maximum Gasteiger partial charge on any atom is 0.354 e. The van der Waals surface area contributed by atoms with Gasteiger partial charge in [0.2, 0.25) is 0 Å². The second-order valence-corrected chi connectivity index (χ2v) is 5.94. The van der Waals surface area contributed by atoms with Crippen LogP contribution in [-0.2, 0) is 15.9 Å². The van der Waals surface area contributed by atoms with Crippen LogP contribution in [0.25, 0.3) is 5.65 Å². The van der Waals surface area contributed by atoms with Gasteiger partial charge in [-0.05, 0) is 46.7 Å². The number of aromatic nitrogens is 2. The standard InChI is InChI=1S/C12H14IN2O4P/c1-8(19-20-13)6-18-7-9-2-3-15-10(12(16)17)5-14-11(15)4-9/h2-5,8,20H,6-7H2,1H3,(H,16,17). The van der Waals surface area contributed by atoms with Crippen molar-refractivity contribution in [3.8, 4) is 0 Å². The molecule has 2 aromatic rings. The van der Waals surface area contributed by atoms with Gasteiger partial charge in [-0.1, -0.05) is 0 Å². The van der Waals surface area contributed by atoms with Crippen molar-refractivity contribution in [2.75, 3.05) is 6.61 Å². The van der Waals surface area contributed by atoms with E-state index in [9.17, 15) is 4.79 Å². The Morgan fingerprint density at radius 3 is 3.15 bits per heavy atom. The van der Waals surface area contributed by atoms with Crippen LogP contribution in [0.1, 0.15) is 23.0 Å². The predicted molar refractivity (Wildman–Crippen MR) is 84.7 cm³/mol. The fourth-order valence-corrected chi connectivity index (χ4v) is 3.25. The van der Waals surface area contributed by atoms with E-state index in [-0.39, 0.29) is 11.8 Å². The lowest BCUT2D eigenvalue weighted by Crippen LogP contribution is -2.11. The van der Waals surface area contributed by atoms with Gasteiger partial charge in [-0.2, -0.15) is 0 Å². The monoisotopic (exact) mass is 408 g/mol. The molecule has 0 spiro atoms. The van der Waals surface area contributed by atoms with Crippen LogP contribution in [0.15, 0.2) is 24.5 Å². The van der Waals surface area contributed by atoms with Crippen LogP contribution >= 0.6 is 28.5 Å². The third-order valence-electron chi connectivity index (χ3n) is 2.66. The number of hydrogen-bond donors (Lipinski definition) is 1. The average molecular weight is 408 g/mol. The number of ether oxygens (including phenoxy) is 1. The highest BCUT2D eigenvalue weighted by molar-refractivity contribution is 14.2. The minimum Gasteiger partial charge on any atom is -0.477 e. The Bertz CT molecular complexity index is 604. The summed E-state index contributed by atoms with van der Waals surface area (Å²) < 4.78 is 12.5.